The molecule has 2 fully saturated rings. The highest BCUT2D eigenvalue weighted by molar-refractivity contribution is 6.72. The zero-order chi connectivity index (χ0) is 31.1. The first-order chi connectivity index (χ1) is 21.1. The monoisotopic (exact) mass is 620 g/mol. The molecule has 10 nitrogen and oxygen atoms in total. The molecule has 12 heteroatoms. The summed E-state index contributed by atoms with van der Waals surface area (Å²) in [6, 6.07) is 15.1. The second-order valence-electron chi connectivity index (χ2n) is 12.8. The maximum absolute atomic E-state index is 16.2. The van der Waals surface area contributed by atoms with Gasteiger partial charge in [-0.3, -0.25) is 14.3 Å². The lowest BCUT2D eigenvalue weighted by Crippen LogP contribution is -2.45. The van der Waals surface area contributed by atoms with Crippen molar-refractivity contribution in [1.82, 2.24) is 20.3 Å². The zero-order valence-electron chi connectivity index (χ0n) is 25.5. The van der Waals surface area contributed by atoms with Crippen LogP contribution in [0.3, 0.4) is 0 Å². The molecule has 234 valence electrons. The maximum Gasteiger partial charge on any atom is 0.264 e. The summed E-state index contributed by atoms with van der Waals surface area (Å²) in [6.45, 7) is 6.89. The number of carbonyl (C=O) groups is 2. The average molecular weight is 621 g/mol. The molecule has 2 amide bonds. The molecule has 0 unspecified atom stereocenters. The van der Waals surface area contributed by atoms with Gasteiger partial charge in [0.2, 0.25) is 14.3 Å². The lowest BCUT2D eigenvalue weighted by Gasteiger charge is -2.31. The molecule has 0 bridgehead atoms. The summed E-state index contributed by atoms with van der Waals surface area (Å²) >= 11 is 0. The van der Waals surface area contributed by atoms with Crippen LogP contribution in [0.1, 0.15) is 43.0 Å². The standard InChI is InChI=1S/C32H41FN6O4Si/c1-21-29(44(2,3)33)28(13-16-38-20-24(14-17-40)36-37-38)43-32(21)25-18-23(35-30(41)26-10-7-15-34-26)11-12-27(25)39(31(32)42)19-22-8-5-4-6-9-22/h4-6,8-9,11-12,18,20-21,26,28-29,34,40H,7,10,13-17,19H2,1-3H3,(H,35,41)/t21-,26+,28+,29-,32+/m0/s1. The second kappa shape index (κ2) is 12.1. The van der Waals surface area contributed by atoms with Crippen LogP contribution in [0, 0.1) is 5.92 Å². The number of benzene rings is 2. The van der Waals surface area contributed by atoms with Crippen LogP contribution in [0.25, 0.3) is 0 Å². The maximum atomic E-state index is 16.2. The van der Waals surface area contributed by atoms with Gasteiger partial charge in [0.15, 0.2) is 5.60 Å². The highest BCUT2D eigenvalue weighted by Gasteiger charge is 2.66. The predicted octanol–water partition coefficient (Wildman–Crippen LogP) is 3.92. The fourth-order valence-corrected chi connectivity index (χ4v) is 9.93. The highest BCUT2D eigenvalue weighted by atomic mass is 28.4. The molecule has 5 atom stereocenters. The van der Waals surface area contributed by atoms with Crippen molar-refractivity contribution in [3.05, 3.63) is 71.5 Å². The topological polar surface area (TPSA) is 122 Å². The minimum absolute atomic E-state index is 0.0191. The van der Waals surface area contributed by atoms with E-state index in [1.165, 1.54) is 0 Å². The number of aliphatic hydroxyl groups excluding tert-OH is 1. The van der Waals surface area contributed by atoms with E-state index in [4.69, 9.17) is 4.74 Å². The van der Waals surface area contributed by atoms with Crippen molar-refractivity contribution in [3.8, 4) is 0 Å². The molecule has 0 radical (unpaired) electrons. The molecule has 44 heavy (non-hydrogen) atoms. The number of carbonyl (C=O) groups excluding carboxylic acids is 2. The molecule has 2 saturated heterocycles. The van der Waals surface area contributed by atoms with Gasteiger partial charge in [0.25, 0.3) is 5.91 Å². The van der Waals surface area contributed by atoms with E-state index >= 15 is 4.11 Å². The molecule has 4 heterocycles. The first kappa shape index (κ1) is 30.6. The van der Waals surface area contributed by atoms with E-state index in [-0.39, 0.29) is 24.5 Å². The van der Waals surface area contributed by atoms with Crippen LogP contribution in [-0.4, -0.2) is 65.6 Å². The van der Waals surface area contributed by atoms with Gasteiger partial charge in [-0.05, 0) is 62.7 Å². The van der Waals surface area contributed by atoms with E-state index in [0.29, 0.717) is 48.6 Å². The Morgan fingerprint density at radius 3 is 2.75 bits per heavy atom. The number of rotatable bonds is 10. The third-order valence-electron chi connectivity index (χ3n) is 9.39. The molecule has 6 rings (SSSR count). The van der Waals surface area contributed by atoms with E-state index < -0.39 is 31.6 Å². The lowest BCUT2D eigenvalue weighted by atomic mass is 9.82. The van der Waals surface area contributed by atoms with Gasteiger partial charge in [-0.2, -0.15) is 0 Å². The van der Waals surface area contributed by atoms with E-state index in [2.05, 4.69) is 20.9 Å². The SMILES string of the molecule is C[C@H]1[C@H]([Si](C)(C)F)[C@@H](CCn2cc(CCO)nn2)O[C@]12C(=O)N(Cc1ccccc1)c1ccc(NC(=O)[C@H]3CCCN3)cc12. The number of aryl methyl sites for hydroxylation is 1. The second-order valence-corrected chi connectivity index (χ2v) is 16.5. The van der Waals surface area contributed by atoms with E-state index in [0.717, 1.165) is 24.9 Å². The Morgan fingerprint density at radius 2 is 2.05 bits per heavy atom. The van der Waals surface area contributed by atoms with E-state index in [9.17, 15) is 14.7 Å². The summed E-state index contributed by atoms with van der Waals surface area (Å²) in [6.07, 6.45) is 3.83. The summed E-state index contributed by atoms with van der Waals surface area (Å²) in [4.78, 5) is 29.4. The Bertz CT molecular complexity index is 1510. The normalized spacial score (nSPS) is 26.5. The van der Waals surface area contributed by atoms with Gasteiger partial charge in [0.1, 0.15) is 0 Å². The first-order valence-electron chi connectivity index (χ1n) is 15.5. The first-order valence-corrected chi connectivity index (χ1v) is 18.5. The predicted molar refractivity (Wildman–Crippen MR) is 167 cm³/mol. The van der Waals surface area contributed by atoms with Crippen molar-refractivity contribution < 1.29 is 23.5 Å². The summed E-state index contributed by atoms with van der Waals surface area (Å²) in [5.74, 6) is -0.764. The third-order valence-corrected chi connectivity index (χ3v) is 11.8. The minimum atomic E-state index is -3.35. The number of amides is 2. The lowest BCUT2D eigenvalue weighted by molar-refractivity contribution is -0.146. The van der Waals surface area contributed by atoms with Gasteiger partial charge in [0.05, 0.1) is 30.1 Å². The molecule has 3 aliphatic heterocycles. The Labute approximate surface area is 258 Å². The van der Waals surface area contributed by atoms with Crippen LogP contribution < -0.4 is 15.5 Å². The zero-order valence-corrected chi connectivity index (χ0v) is 26.5. The largest absolute Gasteiger partial charge is 0.396 e. The molecule has 1 aromatic heterocycles. The molecule has 2 aromatic carbocycles. The summed E-state index contributed by atoms with van der Waals surface area (Å²) in [7, 11) is -3.35. The Hall–Kier alpha value is -3.45. The number of halogens is 1. The van der Waals surface area contributed by atoms with Crippen LogP contribution in [-0.2, 0) is 39.4 Å². The van der Waals surface area contributed by atoms with Gasteiger partial charge in [-0.1, -0.05) is 42.5 Å². The van der Waals surface area contributed by atoms with Crippen LogP contribution in [0.2, 0.25) is 18.6 Å². The number of fused-ring (bicyclic) bond motifs is 2. The summed E-state index contributed by atoms with van der Waals surface area (Å²) in [5.41, 5.74) is 1.76. The number of aromatic nitrogens is 3. The van der Waals surface area contributed by atoms with Gasteiger partial charge < -0.3 is 29.5 Å². The van der Waals surface area contributed by atoms with Gasteiger partial charge >= 0.3 is 0 Å². The van der Waals surface area contributed by atoms with Crippen molar-refractivity contribution in [2.24, 2.45) is 5.92 Å². The van der Waals surface area contributed by atoms with Crippen molar-refractivity contribution in [2.75, 3.05) is 23.4 Å². The fraction of sp³-hybridized carbons (Fsp3) is 0.500. The van der Waals surface area contributed by atoms with E-state index in [1.807, 2.05) is 55.5 Å². The fourth-order valence-electron chi connectivity index (χ4n) is 7.39. The van der Waals surface area contributed by atoms with Crippen molar-refractivity contribution in [3.63, 3.8) is 0 Å². The smallest absolute Gasteiger partial charge is 0.264 e. The third kappa shape index (κ3) is 5.60. The Balaban J connectivity index is 1.36. The molecular formula is C32H41FN6O4Si. The number of nitrogens with one attached hydrogen (secondary N) is 2. The quantitative estimate of drug-likeness (QED) is 0.232. The number of hydrogen-bond donors (Lipinski definition) is 3. The van der Waals surface area contributed by atoms with E-state index in [1.54, 1.807) is 28.9 Å². The number of aliphatic hydroxyl groups is 1. The highest BCUT2D eigenvalue weighted by Crippen LogP contribution is 2.60. The summed E-state index contributed by atoms with van der Waals surface area (Å²) in [5, 5.41) is 23.8. The molecule has 0 aliphatic carbocycles. The Morgan fingerprint density at radius 1 is 1.25 bits per heavy atom. The van der Waals surface area contributed by atoms with Crippen molar-refractivity contribution in [2.45, 2.75) is 82.1 Å². The summed E-state index contributed by atoms with van der Waals surface area (Å²) < 4.78 is 24.8. The molecular weight excluding hydrogens is 579 g/mol. The van der Waals surface area contributed by atoms with Crippen LogP contribution >= 0.6 is 0 Å². The number of hydrogen-bond acceptors (Lipinski definition) is 7. The van der Waals surface area contributed by atoms with Crippen molar-refractivity contribution >= 4 is 31.6 Å². The molecule has 0 saturated carbocycles. The molecule has 1 spiro atoms. The van der Waals surface area contributed by atoms with Crippen molar-refractivity contribution in [1.29, 1.82) is 0 Å². The number of anilines is 2. The molecule has 3 aliphatic rings. The van der Waals surface area contributed by atoms with Crippen LogP contribution in [0.5, 0.6) is 0 Å². The minimum Gasteiger partial charge on any atom is -0.396 e. The van der Waals surface area contributed by atoms with Gasteiger partial charge in [-0.25, -0.2) is 0 Å². The Kier molecular flexibility index (Phi) is 8.44. The molecule has 3 aromatic rings. The molecule has 3 N–H and O–H groups in total. The van der Waals surface area contributed by atoms with Crippen LogP contribution in [0.4, 0.5) is 15.5 Å². The average Bonchev–Trinajstić information content (AvgIpc) is 3.78. The number of ether oxygens (including phenoxy) is 1. The van der Waals surface area contributed by atoms with Gasteiger partial charge in [0, 0.05) is 48.5 Å². The number of nitrogens with zero attached hydrogens (tertiary/aromatic N) is 4. The van der Waals surface area contributed by atoms with Crippen LogP contribution in [0.15, 0.2) is 54.7 Å². The van der Waals surface area contributed by atoms with Gasteiger partial charge in [-0.15, -0.1) is 5.10 Å².